The van der Waals surface area contributed by atoms with Gasteiger partial charge in [0.05, 0.1) is 5.56 Å². The molecule has 20 heavy (non-hydrogen) atoms. The predicted octanol–water partition coefficient (Wildman–Crippen LogP) is 2.60. The average Bonchev–Trinajstić information content (AvgIpc) is 2.48. The first-order chi connectivity index (χ1) is 9.58. The average molecular weight is 282 g/mol. The van der Waals surface area contributed by atoms with Gasteiger partial charge in [-0.2, -0.15) is 0 Å². The number of benzene rings is 1. The van der Waals surface area contributed by atoms with Gasteiger partial charge in [0.1, 0.15) is 0 Å². The zero-order valence-electron chi connectivity index (χ0n) is 11.4. The molecule has 1 aliphatic rings. The van der Waals surface area contributed by atoms with Gasteiger partial charge in [-0.05, 0) is 36.9 Å². The third kappa shape index (κ3) is 3.15. The molecular formula is C15H20F2N2O. The highest BCUT2D eigenvalue weighted by molar-refractivity contribution is 5.94. The molecule has 1 aliphatic carbocycles. The Morgan fingerprint density at radius 3 is 2.60 bits per heavy atom. The SMILES string of the molecule is NCC1(CNC(=O)c2cccc(F)c2F)CCCCC1. The molecule has 0 atom stereocenters. The number of carbonyl (C=O) groups excluding carboxylic acids is 1. The van der Waals surface area contributed by atoms with Crippen LogP contribution in [0.1, 0.15) is 42.5 Å². The fraction of sp³-hybridized carbons (Fsp3) is 0.533. The normalized spacial score (nSPS) is 17.8. The van der Waals surface area contributed by atoms with Crippen molar-refractivity contribution in [3.8, 4) is 0 Å². The highest BCUT2D eigenvalue weighted by Gasteiger charge is 2.31. The molecule has 0 bridgehead atoms. The van der Waals surface area contributed by atoms with Gasteiger partial charge in [0.25, 0.3) is 5.91 Å². The Kier molecular flexibility index (Phi) is 4.70. The van der Waals surface area contributed by atoms with E-state index in [2.05, 4.69) is 5.32 Å². The fourth-order valence-electron chi connectivity index (χ4n) is 2.80. The standard InChI is InChI=1S/C15H20F2N2O/c16-12-6-4-5-11(13(12)17)14(20)19-10-15(9-18)7-2-1-3-8-15/h4-6H,1-3,7-10,18H2,(H,19,20). The molecular weight excluding hydrogens is 262 g/mol. The highest BCUT2D eigenvalue weighted by atomic mass is 19.2. The molecule has 0 radical (unpaired) electrons. The maximum Gasteiger partial charge on any atom is 0.254 e. The zero-order chi connectivity index (χ0) is 14.6. The molecule has 0 aromatic heterocycles. The minimum atomic E-state index is -1.10. The van der Waals surface area contributed by atoms with Crippen molar-refractivity contribution in [3.05, 3.63) is 35.4 Å². The van der Waals surface area contributed by atoms with Gasteiger partial charge in [0.15, 0.2) is 11.6 Å². The van der Waals surface area contributed by atoms with E-state index in [-0.39, 0.29) is 11.0 Å². The van der Waals surface area contributed by atoms with Gasteiger partial charge in [-0.1, -0.05) is 25.3 Å². The number of nitrogens with two attached hydrogens (primary N) is 1. The Balaban J connectivity index is 2.02. The minimum absolute atomic E-state index is 0.0995. The molecule has 1 aromatic rings. The molecule has 1 fully saturated rings. The smallest absolute Gasteiger partial charge is 0.254 e. The van der Waals surface area contributed by atoms with E-state index in [0.29, 0.717) is 13.1 Å². The summed E-state index contributed by atoms with van der Waals surface area (Å²) in [6, 6.07) is 3.60. The first kappa shape index (κ1) is 14.9. The molecule has 5 heteroatoms. The van der Waals surface area contributed by atoms with Crippen molar-refractivity contribution in [3.63, 3.8) is 0 Å². The molecule has 0 spiro atoms. The van der Waals surface area contributed by atoms with Crippen LogP contribution in [0.4, 0.5) is 8.78 Å². The number of nitrogens with one attached hydrogen (secondary N) is 1. The molecule has 1 amide bonds. The summed E-state index contributed by atoms with van der Waals surface area (Å²) in [6.45, 7) is 0.914. The van der Waals surface area contributed by atoms with E-state index in [9.17, 15) is 13.6 Å². The van der Waals surface area contributed by atoms with Gasteiger partial charge in [0.2, 0.25) is 0 Å². The van der Waals surface area contributed by atoms with Crippen LogP contribution in [-0.2, 0) is 0 Å². The number of hydrogen-bond acceptors (Lipinski definition) is 2. The van der Waals surface area contributed by atoms with Crippen molar-refractivity contribution in [2.45, 2.75) is 32.1 Å². The minimum Gasteiger partial charge on any atom is -0.351 e. The summed E-state index contributed by atoms with van der Waals surface area (Å²) in [7, 11) is 0. The summed E-state index contributed by atoms with van der Waals surface area (Å²) >= 11 is 0. The molecule has 3 nitrogen and oxygen atoms in total. The molecule has 110 valence electrons. The fourth-order valence-corrected chi connectivity index (χ4v) is 2.80. The Hall–Kier alpha value is -1.49. The quantitative estimate of drug-likeness (QED) is 0.892. The Morgan fingerprint density at radius 2 is 1.95 bits per heavy atom. The van der Waals surface area contributed by atoms with Gasteiger partial charge in [-0.25, -0.2) is 8.78 Å². The highest BCUT2D eigenvalue weighted by Crippen LogP contribution is 2.34. The van der Waals surface area contributed by atoms with E-state index < -0.39 is 17.5 Å². The van der Waals surface area contributed by atoms with Gasteiger partial charge in [-0.3, -0.25) is 4.79 Å². The van der Waals surface area contributed by atoms with Gasteiger partial charge < -0.3 is 11.1 Å². The van der Waals surface area contributed by atoms with Crippen LogP contribution in [0.5, 0.6) is 0 Å². The van der Waals surface area contributed by atoms with Gasteiger partial charge in [0, 0.05) is 6.54 Å². The van der Waals surface area contributed by atoms with Crippen LogP contribution < -0.4 is 11.1 Å². The second kappa shape index (κ2) is 6.31. The Morgan fingerprint density at radius 1 is 1.25 bits per heavy atom. The summed E-state index contributed by atoms with van der Waals surface area (Å²) in [6.07, 6.45) is 5.32. The number of amides is 1. The summed E-state index contributed by atoms with van der Waals surface area (Å²) in [5.41, 5.74) is 5.48. The summed E-state index contributed by atoms with van der Waals surface area (Å²) < 4.78 is 26.6. The number of rotatable bonds is 4. The van der Waals surface area contributed by atoms with E-state index in [0.717, 1.165) is 31.7 Å². The molecule has 1 saturated carbocycles. The summed E-state index contributed by atoms with van der Waals surface area (Å²) in [4.78, 5) is 12.0. The van der Waals surface area contributed by atoms with Gasteiger partial charge >= 0.3 is 0 Å². The monoisotopic (exact) mass is 282 g/mol. The van der Waals surface area contributed by atoms with E-state index in [1.165, 1.54) is 18.6 Å². The maximum atomic E-state index is 13.5. The van der Waals surface area contributed by atoms with Crippen molar-refractivity contribution in [2.75, 3.05) is 13.1 Å². The molecule has 0 heterocycles. The lowest BCUT2D eigenvalue weighted by atomic mass is 9.74. The molecule has 2 rings (SSSR count). The maximum absolute atomic E-state index is 13.5. The lowest BCUT2D eigenvalue weighted by molar-refractivity contribution is 0.0909. The van der Waals surface area contributed by atoms with Crippen LogP contribution in [0.25, 0.3) is 0 Å². The van der Waals surface area contributed by atoms with Crippen LogP contribution in [0.3, 0.4) is 0 Å². The third-order valence-electron chi connectivity index (χ3n) is 4.17. The first-order valence-corrected chi connectivity index (χ1v) is 7.00. The molecule has 0 aliphatic heterocycles. The van der Waals surface area contributed by atoms with E-state index >= 15 is 0 Å². The summed E-state index contributed by atoms with van der Waals surface area (Å²) in [5.74, 6) is -2.69. The lowest BCUT2D eigenvalue weighted by Crippen LogP contribution is -2.43. The molecule has 3 N–H and O–H groups in total. The Bertz CT molecular complexity index is 485. The molecule has 0 unspecified atom stereocenters. The second-order valence-electron chi connectivity index (χ2n) is 5.55. The van der Waals surface area contributed by atoms with Crippen molar-refractivity contribution < 1.29 is 13.6 Å². The Labute approximate surface area is 117 Å². The van der Waals surface area contributed by atoms with E-state index in [1.54, 1.807) is 0 Å². The lowest BCUT2D eigenvalue weighted by Gasteiger charge is -2.36. The van der Waals surface area contributed by atoms with Gasteiger partial charge in [-0.15, -0.1) is 0 Å². The van der Waals surface area contributed by atoms with Crippen molar-refractivity contribution in [1.29, 1.82) is 0 Å². The van der Waals surface area contributed by atoms with Crippen molar-refractivity contribution >= 4 is 5.91 Å². The second-order valence-corrected chi connectivity index (χ2v) is 5.55. The number of hydrogen-bond donors (Lipinski definition) is 2. The van der Waals surface area contributed by atoms with Crippen LogP contribution in [0.2, 0.25) is 0 Å². The zero-order valence-corrected chi connectivity index (χ0v) is 11.4. The number of halogens is 2. The van der Waals surface area contributed by atoms with E-state index in [1.807, 2.05) is 0 Å². The predicted molar refractivity (Wildman–Crippen MR) is 73.3 cm³/mol. The largest absolute Gasteiger partial charge is 0.351 e. The van der Waals surface area contributed by atoms with Crippen LogP contribution in [0.15, 0.2) is 18.2 Å². The molecule has 1 aromatic carbocycles. The third-order valence-corrected chi connectivity index (χ3v) is 4.17. The number of carbonyl (C=O) groups is 1. The van der Waals surface area contributed by atoms with Crippen molar-refractivity contribution in [1.82, 2.24) is 5.32 Å². The van der Waals surface area contributed by atoms with Crippen LogP contribution >= 0.6 is 0 Å². The van der Waals surface area contributed by atoms with E-state index in [4.69, 9.17) is 5.73 Å². The molecule has 0 saturated heterocycles. The summed E-state index contributed by atoms with van der Waals surface area (Å²) in [5, 5.41) is 2.70. The van der Waals surface area contributed by atoms with Crippen LogP contribution in [-0.4, -0.2) is 19.0 Å². The first-order valence-electron chi connectivity index (χ1n) is 7.00. The van der Waals surface area contributed by atoms with Crippen molar-refractivity contribution in [2.24, 2.45) is 11.1 Å². The van der Waals surface area contributed by atoms with Crippen LogP contribution in [0, 0.1) is 17.0 Å². The topological polar surface area (TPSA) is 55.1 Å².